The third kappa shape index (κ3) is 5.55. The maximum Gasteiger partial charge on any atom is 0.344 e. The van der Waals surface area contributed by atoms with E-state index in [1.807, 2.05) is 25.1 Å². The fraction of sp³-hybridized carbons (Fsp3) is 0.579. The van der Waals surface area contributed by atoms with E-state index in [2.05, 4.69) is 19.2 Å². The van der Waals surface area contributed by atoms with E-state index in [1.54, 1.807) is 6.07 Å². The maximum atomic E-state index is 12.0. The van der Waals surface area contributed by atoms with Gasteiger partial charge in [-0.15, -0.1) is 0 Å². The molecule has 0 heterocycles. The van der Waals surface area contributed by atoms with Crippen LogP contribution in [0.4, 0.5) is 0 Å². The summed E-state index contributed by atoms with van der Waals surface area (Å²) in [7, 11) is 0. The molecule has 1 aromatic carbocycles. The van der Waals surface area contributed by atoms with E-state index in [9.17, 15) is 9.59 Å². The first-order valence-electron chi connectivity index (χ1n) is 8.60. The third-order valence-corrected chi connectivity index (χ3v) is 4.76. The summed E-state index contributed by atoms with van der Waals surface area (Å²) in [5.74, 6) is 0.875. The molecule has 2 rings (SSSR count). The summed E-state index contributed by atoms with van der Waals surface area (Å²) in [5.41, 5.74) is 1.05. The number of hydrogen-bond donors (Lipinski definition) is 1. The first-order valence-corrected chi connectivity index (χ1v) is 8.60. The van der Waals surface area contributed by atoms with Crippen molar-refractivity contribution >= 4 is 11.9 Å². The van der Waals surface area contributed by atoms with Gasteiger partial charge in [-0.3, -0.25) is 4.79 Å². The van der Waals surface area contributed by atoms with Crippen LogP contribution in [-0.4, -0.2) is 31.1 Å². The topological polar surface area (TPSA) is 64.6 Å². The van der Waals surface area contributed by atoms with E-state index in [0.717, 1.165) is 18.4 Å². The lowest BCUT2D eigenvalue weighted by atomic mass is 9.78. The lowest BCUT2D eigenvalue weighted by Crippen LogP contribution is -2.45. The summed E-state index contributed by atoms with van der Waals surface area (Å²) in [6.07, 6.45) is 3.32. The van der Waals surface area contributed by atoms with Gasteiger partial charge in [0.1, 0.15) is 5.75 Å². The largest absolute Gasteiger partial charge is 0.482 e. The first-order chi connectivity index (χ1) is 11.5. The number of esters is 1. The van der Waals surface area contributed by atoms with Crippen molar-refractivity contribution in [2.24, 2.45) is 11.8 Å². The van der Waals surface area contributed by atoms with Gasteiger partial charge in [0.2, 0.25) is 0 Å². The number of amides is 1. The zero-order valence-electron chi connectivity index (χ0n) is 14.7. The molecule has 1 aliphatic rings. The molecular formula is C19H27NO4. The quantitative estimate of drug-likeness (QED) is 0.813. The average molecular weight is 333 g/mol. The van der Waals surface area contributed by atoms with Gasteiger partial charge in [-0.2, -0.15) is 0 Å². The molecule has 0 spiro atoms. The highest BCUT2D eigenvalue weighted by Gasteiger charge is 2.28. The molecule has 1 amide bonds. The first kappa shape index (κ1) is 18.3. The number of ether oxygens (including phenoxy) is 2. The molecule has 5 nitrogen and oxygen atoms in total. The second-order valence-electron chi connectivity index (χ2n) is 6.71. The lowest BCUT2D eigenvalue weighted by Gasteiger charge is -2.34. The molecule has 0 unspecified atom stereocenters. The van der Waals surface area contributed by atoms with Gasteiger partial charge in [-0.25, -0.2) is 4.79 Å². The normalized spacial score (nSPS) is 23.4. The van der Waals surface area contributed by atoms with Crippen LogP contribution in [0, 0.1) is 18.8 Å². The molecule has 1 saturated carbocycles. The lowest BCUT2D eigenvalue weighted by molar-refractivity contribution is -0.150. The van der Waals surface area contributed by atoms with Crippen molar-refractivity contribution in [3.63, 3.8) is 0 Å². The highest BCUT2D eigenvalue weighted by atomic mass is 16.6. The van der Waals surface area contributed by atoms with Crippen LogP contribution < -0.4 is 10.1 Å². The molecule has 1 aromatic rings. The molecular weight excluding hydrogens is 306 g/mol. The third-order valence-electron chi connectivity index (χ3n) is 4.76. The van der Waals surface area contributed by atoms with Crippen LogP contribution in [0.15, 0.2) is 24.3 Å². The van der Waals surface area contributed by atoms with Gasteiger partial charge in [-0.1, -0.05) is 38.8 Å². The van der Waals surface area contributed by atoms with Gasteiger partial charge >= 0.3 is 5.97 Å². The van der Waals surface area contributed by atoms with Crippen LogP contribution in [0.2, 0.25) is 0 Å². The summed E-state index contributed by atoms with van der Waals surface area (Å²) in [4.78, 5) is 23.6. The number of benzene rings is 1. The van der Waals surface area contributed by atoms with Gasteiger partial charge in [-0.05, 0) is 42.9 Å². The zero-order valence-corrected chi connectivity index (χ0v) is 14.7. The number of carbonyl (C=O) groups is 2. The number of rotatable bonds is 6. The van der Waals surface area contributed by atoms with Crippen molar-refractivity contribution in [1.82, 2.24) is 5.32 Å². The Balaban J connectivity index is 1.68. The molecule has 0 bridgehead atoms. The van der Waals surface area contributed by atoms with Crippen LogP contribution in [0.3, 0.4) is 0 Å². The number of carbonyl (C=O) groups excluding carboxylic acids is 2. The van der Waals surface area contributed by atoms with Crippen LogP contribution in [-0.2, 0) is 14.3 Å². The van der Waals surface area contributed by atoms with E-state index in [0.29, 0.717) is 17.6 Å². The van der Waals surface area contributed by atoms with Crippen molar-refractivity contribution < 1.29 is 19.1 Å². The van der Waals surface area contributed by atoms with Gasteiger partial charge < -0.3 is 14.8 Å². The minimum atomic E-state index is -0.545. The van der Waals surface area contributed by atoms with Gasteiger partial charge in [0, 0.05) is 6.04 Å². The Morgan fingerprint density at radius 1 is 1.21 bits per heavy atom. The van der Waals surface area contributed by atoms with E-state index < -0.39 is 5.97 Å². The van der Waals surface area contributed by atoms with Crippen molar-refractivity contribution in [1.29, 1.82) is 0 Å². The second-order valence-corrected chi connectivity index (χ2v) is 6.71. The molecule has 1 aliphatic carbocycles. The van der Waals surface area contributed by atoms with Gasteiger partial charge in [0.25, 0.3) is 5.91 Å². The molecule has 0 aliphatic heterocycles. The van der Waals surface area contributed by atoms with E-state index >= 15 is 0 Å². The molecule has 0 saturated heterocycles. The number of hydrogen-bond acceptors (Lipinski definition) is 4. The summed E-state index contributed by atoms with van der Waals surface area (Å²) in [6.45, 7) is 5.87. The van der Waals surface area contributed by atoms with Crippen molar-refractivity contribution in [3.8, 4) is 5.75 Å². The Hall–Kier alpha value is -2.04. The van der Waals surface area contributed by atoms with Gasteiger partial charge in [0.05, 0.1) is 0 Å². The Labute approximate surface area is 143 Å². The monoisotopic (exact) mass is 333 g/mol. The maximum absolute atomic E-state index is 12.0. The van der Waals surface area contributed by atoms with Crippen LogP contribution >= 0.6 is 0 Å². The molecule has 5 heteroatoms. The van der Waals surface area contributed by atoms with Crippen molar-refractivity contribution in [3.05, 3.63) is 29.8 Å². The second kappa shape index (κ2) is 8.71. The van der Waals surface area contributed by atoms with E-state index in [4.69, 9.17) is 9.47 Å². The number of nitrogens with one attached hydrogen (secondary N) is 1. The SMILES string of the molecule is Cc1cccc(OCC(=O)OCC(=O)N[C@H]2CCC[C@H](C)[C@H]2C)c1. The fourth-order valence-corrected chi connectivity index (χ4v) is 3.07. The van der Waals surface area contributed by atoms with Crippen molar-refractivity contribution in [2.45, 2.75) is 46.1 Å². The predicted octanol–water partition coefficient (Wildman–Crippen LogP) is 2.86. The highest BCUT2D eigenvalue weighted by Crippen LogP contribution is 2.29. The fourth-order valence-electron chi connectivity index (χ4n) is 3.07. The summed E-state index contributed by atoms with van der Waals surface area (Å²) in [6, 6.07) is 7.59. The Kier molecular flexibility index (Phi) is 6.64. The summed E-state index contributed by atoms with van der Waals surface area (Å²) in [5, 5.41) is 2.98. The highest BCUT2D eigenvalue weighted by molar-refractivity contribution is 5.81. The standard InChI is InChI=1S/C19H27NO4/c1-13-6-4-8-16(10-13)23-12-19(22)24-11-18(21)20-17-9-5-7-14(2)15(17)3/h4,6,8,10,14-15,17H,5,7,9,11-12H2,1-3H3,(H,20,21)/t14-,15+,17-/m0/s1. The van der Waals surface area contributed by atoms with Crippen LogP contribution in [0.25, 0.3) is 0 Å². The molecule has 24 heavy (non-hydrogen) atoms. The van der Waals surface area contributed by atoms with E-state index in [-0.39, 0.29) is 25.2 Å². The van der Waals surface area contributed by atoms with Crippen molar-refractivity contribution in [2.75, 3.05) is 13.2 Å². The predicted molar refractivity (Wildman–Crippen MR) is 91.7 cm³/mol. The summed E-state index contributed by atoms with van der Waals surface area (Å²) >= 11 is 0. The smallest absolute Gasteiger partial charge is 0.344 e. The molecule has 0 radical (unpaired) electrons. The van der Waals surface area contributed by atoms with Crippen LogP contribution in [0.5, 0.6) is 5.75 Å². The van der Waals surface area contributed by atoms with E-state index in [1.165, 1.54) is 6.42 Å². The zero-order chi connectivity index (χ0) is 17.5. The minimum Gasteiger partial charge on any atom is -0.482 e. The number of aryl methyl sites for hydroxylation is 1. The average Bonchev–Trinajstić information content (AvgIpc) is 2.55. The molecule has 3 atom stereocenters. The minimum absolute atomic E-state index is 0.170. The van der Waals surface area contributed by atoms with Gasteiger partial charge in [0.15, 0.2) is 13.2 Å². The Morgan fingerprint density at radius 2 is 2.00 bits per heavy atom. The molecule has 132 valence electrons. The molecule has 0 aromatic heterocycles. The Morgan fingerprint density at radius 3 is 2.75 bits per heavy atom. The van der Waals surface area contributed by atoms with Crippen LogP contribution in [0.1, 0.15) is 38.7 Å². The molecule has 1 fully saturated rings. The Bertz CT molecular complexity index is 572. The molecule has 1 N–H and O–H groups in total. The summed E-state index contributed by atoms with van der Waals surface area (Å²) < 4.78 is 10.3.